The van der Waals surface area contributed by atoms with Crippen molar-refractivity contribution in [1.29, 1.82) is 0 Å². The van der Waals surface area contributed by atoms with Gasteiger partial charge in [0.1, 0.15) is 5.82 Å². The summed E-state index contributed by atoms with van der Waals surface area (Å²) in [5.41, 5.74) is 7.55. The predicted molar refractivity (Wildman–Crippen MR) is 82.4 cm³/mol. The highest BCUT2D eigenvalue weighted by Crippen LogP contribution is 2.34. The lowest BCUT2D eigenvalue weighted by atomic mass is 10.0. The average molecular weight is 282 g/mol. The predicted octanol–water partition coefficient (Wildman–Crippen LogP) is 3.57. The van der Waals surface area contributed by atoms with E-state index >= 15 is 0 Å². The second-order valence-corrected chi connectivity index (χ2v) is 7.61. The molecule has 106 valence electrons. The van der Waals surface area contributed by atoms with Gasteiger partial charge in [0.2, 0.25) is 0 Å². The SMILES string of the molecule is C[C@@H](N)c1c(F)cccc1N1CCSC(C)(C)CC1. The van der Waals surface area contributed by atoms with Gasteiger partial charge in [-0.1, -0.05) is 19.9 Å². The van der Waals surface area contributed by atoms with Crippen LogP contribution in [0.3, 0.4) is 0 Å². The highest BCUT2D eigenvalue weighted by atomic mass is 32.2. The Hall–Kier alpha value is -0.740. The number of hydrogen-bond donors (Lipinski definition) is 1. The van der Waals surface area contributed by atoms with E-state index in [-0.39, 0.29) is 11.9 Å². The number of hydrogen-bond acceptors (Lipinski definition) is 3. The molecule has 2 N–H and O–H groups in total. The quantitative estimate of drug-likeness (QED) is 0.899. The van der Waals surface area contributed by atoms with Gasteiger partial charge in [-0.15, -0.1) is 0 Å². The highest BCUT2D eigenvalue weighted by molar-refractivity contribution is 8.00. The van der Waals surface area contributed by atoms with Crippen LogP contribution in [0.5, 0.6) is 0 Å². The van der Waals surface area contributed by atoms with Crippen molar-refractivity contribution >= 4 is 17.4 Å². The molecule has 2 rings (SSSR count). The molecule has 0 amide bonds. The van der Waals surface area contributed by atoms with Crippen molar-refractivity contribution in [1.82, 2.24) is 0 Å². The van der Waals surface area contributed by atoms with Crippen LogP contribution >= 0.6 is 11.8 Å². The van der Waals surface area contributed by atoms with Gasteiger partial charge in [0.15, 0.2) is 0 Å². The summed E-state index contributed by atoms with van der Waals surface area (Å²) in [6.45, 7) is 8.32. The average Bonchev–Trinajstić information content (AvgIpc) is 2.49. The van der Waals surface area contributed by atoms with Crippen molar-refractivity contribution in [2.24, 2.45) is 5.73 Å². The minimum Gasteiger partial charge on any atom is -0.370 e. The monoisotopic (exact) mass is 282 g/mol. The number of thioether (sulfide) groups is 1. The zero-order valence-electron chi connectivity index (χ0n) is 11.9. The van der Waals surface area contributed by atoms with Crippen LogP contribution in [0.25, 0.3) is 0 Å². The molecule has 1 atom stereocenters. The minimum atomic E-state index is -0.278. The number of rotatable bonds is 2. The normalized spacial score (nSPS) is 21.0. The third-order valence-corrected chi connectivity index (χ3v) is 5.04. The van der Waals surface area contributed by atoms with Crippen molar-refractivity contribution in [3.05, 3.63) is 29.6 Å². The molecule has 1 saturated heterocycles. The van der Waals surface area contributed by atoms with E-state index in [0.717, 1.165) is 31.0 Å². The molecule has 1 fully saturated rings. The summed E-state index contributed by atoms with van der Waals surface area (Å²) in [4.78, 5) is 2.28. The van der Waals surface area contributed by atoms with Crippen LogP contribution in [-0.2, 0) is 0 Å². The molecule has 0 radical (unpaired) electrons. The zero-order valence-corrected chi connectivity index (χ0v) is 12.8. The molecule has 1 heterocycles. The second-order valence-electron chi connectivity index (χ2n) is 5.81. The van der Waals surface area contributed by atoms with Gasteiger partial charge >= 0.3 is 0 Å². The highest BCUT2D eigenvalue weighted by Gasteiger charge is 2.25. The Morgan fingerprint density at radius 1 is 1.37 bits per heavy atom. The van der Waals surface area contributed by atoms with E-state index < -0.39 is 0 Å². The molecule has 1 aromatic carbocycles. The first-order chi connectivity index (χ1) is 8.91. The number of nitrogens with zero attached hydrogens (tertiary/aromatic N) is 1. The molecule has 19 heavy (non-hydrogen) atoms. The number of benzene rings is 1. The first kappa shape index (κ1) is 14.7. The minimum absolute atomic E-state index is 0.191. The van der Waals surface area contributed by atoms with Crippen LogP contribution < -0.4 is 10.6 Å². The van der Waals surface area contributed by atoms with Crippen LogP contribution in [-0.4, -0.2) is 23.6 Å². The Morgan fingerprint density at radius 3 is 2.79 bits per heavy atom. The number of anilines is 1. The molecule has 2 nitrogen and oxygen atoms in total. The van der Waals surface area contributed by atoms with E-state index in [0.29, 0.717) is 10.3 Å². The van der Waals surface area contributed by atoms with Crippen LogP contribution in [0.15, 0.2) is 18.2 Å². The maximum absolute atomic E-state index is 14.0. The molecular formula is C15H23FN2S. The van der Waals surface area contributed by atoms with Crippen LogP contribution in [0.2, 0.25) is 0 Å². The lowest BCUT2D eigenvalue weighted by Crippen LogP contribution is -2.29. The third-order valence-electron chi connectivity index (χ3n) is 3.66. The molecule has 0 unspecified atom stereocenters. The molecule has 0 aromatic heterocycles. The Labute approximate surface area is 119 Å². The molecule has 0 spiro atoms. The third kappa shape index (κ3) is 3.42. The fraction of sp³-hybridized carbons (Fsp3) is 0.600. The smallest absolute Gasteiger partial charge is 0.130 e. The summed E-state index contributed by atoms with van der Waals surface area (Å²) < 4.78 is 14.3. The lowest BCUT2D eigenvalue weighted by molar-refractivity contribution is 0.588. The summed E-state index contributed by atoms with van der Waals surface area (Å²) in [7, 11) is 0. The number of halogens is 1. The fourth-order valence-electron chi connectivity index (χ4n) is 2.51. The fourth-order valence-corrected chi connectivity index (χ4v) is 3.61. The van der Waals surface area contributed by atoms with Crippen LogP contribution in [0.1, 0.15) is 38.8 Å². The Balaban J connectivity index is 2.29. The summed E-state index contributed by atoms with van der Waals surface area (Å²) in [6, 6.07) is 4.99. The van der Waals surface area contributed by atoms with E-state index in [1.165, 1.54) is 6.07 Å². The maximum Gasteiger partial charge on any atom is 0.130 e. The summed E-state index contributed by atoms with van der Waals surface area (Å²) in [6.07, 6.45) is 1.10. The second kappa shape index (κ2) is 5.71. The van der Waals surface area contributed by atoms with E-state index in [2.05, 4.69) is 18.7 Å². The van der Waals surface area contributed by atoms with Gasteiger partial charge in [0.05, 0.1) is 0 Å². The van der Waals surface area contributed by atoms with Crippen molar-refractivity contribution in [2.75, 3.05) is 23.7 Å². The molecule has 4 heteroatoms. The Kier molecular flexibility index (Phi) is 4.41. The van der Waals surface area contributed by atoms with Crippen LogP contribution in [0, 0.1) is 5.82 Å². The largest absolute Gasteiger partial charge is 0.370 e. The first-order valence-corrected chi connectivity index (χ1v) is 7.82. The molecule has 1 aliphatic rings. The Bertz CT molecular complexity index is 446. The van der Waals surface area contributed by atoms with Gasteiger partial charge in [-0.2, -0.15) is 11.8 Å². The zero-order chi connectivity index (χ0) is 14.0. The van der Waals surface area contributed by atoms with Gasteiger partial charge in [0.25, 0.3) is 0 Å². The summed E-state index contributed by atoms with van der Waals surface area (Å²) in [5.74, 6) is 0.880. The van der Waals surface area contributed by atoms with Crippen molar-refractivity contribution < 1.29 is 4.39 Å². The maximum atomic E-state index is 14.0. The van der Waals surface area contributed by atoms with E-state index in [1.807, 2.05) is 24.8 Å². The van der Waals surface area contributed by atoms with E-state index in [4.69, 9.17) is 5.73 Å². The topological polar surface area (TPSA) is 29.3 Å². The van der Waals surface area contributed by atoms with Crippen molar-refractivity contribution in [3.8, 4) is 0 Å². The molecule has 1 aromatic rings. The van der Waals surface area contributed by atoms with Crippen molar-refractivity contribution in [2.45, 2.75) is 38.0 Å². The van der Waals surface area contributed by atoms with Gasteiger partial charge in [-0.05, 0) is 25.5 Å². The summed E-state index contributed by atoms with van der Waals surface area (Å²) in [5, 5.41) is 0. The molecule has 0 aliphatic carbocycles. The van der Waals surface area contributed by atoms with Crippen molar-refractivity contribution in [3.63, 3.8) is 0 Å². The number of nitrogens with two attached hydrogens (primary N) is 1. The van der Waals surface area contributed by atoms with Gasteiger partial charge in [-0.3, -0.25) is 0 Å². The van der Waals surface area contributed by atoms with Gasteiger partial charge in [0, 0.05) is 40.9 Å². The molecule has 0 saturated carbocycles. The molecular weight excluding hydrogens is 259 g/mol. The lowest BCUT2D eigenvalue weighted by Gasteiger charge is -2.27. The van der Waals surface area contributed by atoms with E-state index in [1.54, 1.807) is 6.07 Å². The van der Waals surface area contributed by atoms with Gasteiger partial charge in [-0.25, -0.2) is 4.39 Å². The molecule has 1 aliphatic heterocycles. The van der Waals surface area contributed by atoms with Crippen LogP contribution in [0.4, 0.5) is 10.1 Å². The van der Waals surface area contributed by atoms with Gasteiger partial charge < -0.3 is 10.6 Å². The standard InChI is InChI=1S/C15H23FN2S/c1-11(17)14-12(16)5-4-6-13(14)18-8-7-15(2,3)19-10-9-18/h4-6,11H,7-10,17H2,1-3H3/t11-/m1/s1. The Morgan fingerprint density at radius 2 is 2.11 bits per heavy atom. The summed E-state index contributed by atoms with van der Waals surface area (Å²) >= 11 is 1.99. The molecule has 0 bridgehead atoms. The van der Waals surface area contributed by atoms with E-state index in [9.17, 15) is 4.39 Å². The first-order valence-electron chi connectivity index (χ1n) is 6.83.